The van der Waals surface area contributed by atoms with Crippen molar-refractivity contribution in [2.45, 2.75) is 18.9 Å². The smallest absolute Gasteiger partial charge is 0.209 e. The summed E-state index contributed by atoms with van der Waals surface area (Å²) in [7, 11) is 1.62. The second-order valence-electron chi connectivity index (χ2n) is 8.12. The molecule has 1 amide bonds. The van der Waals surface area contributed by atoms with Crippen LogP contribution < -0.4 is 15.4 Å². The fraction of sp³-hybridized carbons (Fsp3) is 0.240. The number of likely N-dealkylation sites (tertiary alicyclic amines) is 1. The summed E-state index contributed by atoms with van der Waals surface area (Å²) in [6.07, 6.45) is 5.78. The van der Waals surface area contributed by atoms with E-state index in [1.807, 2.05) is 42.5 Å². The topological polar surface area (TPSA) is 92.5 Å². The van der Waals surface area contributed by atoms with Gasteiger partial charge in [0.1, 0.15) is 23.7 Å². The van der Waals surface area contributed by atoms with E-state index >= 15 is 0 Å². The van der Waals surface area contributed by atoms with Crippen LogP contribution in [-0.4, -0.2) is 47.5 Å². The van der Waals surface area contributed by atoms with E-state index < -0.39 is 0 Å². The van der Waals surface area contributed by atoms with E-state index in [0.29, 0.717) is 22.0 Å². The third-order valence-corrected chi connectivity index (χ3v) is 6.43. The van der Waals surface area contributed by atoms with Gasteiger partial charge in [-0.15, -0.1) is 0 Å². The Hall–Kier alpha value is -3.78. The van der Waals surface area contributed by atoms with Crippen molar-refractivity contribution < 1.29 is 13.9 Å². The van der Waals surface area contributed by atoms with E-state index in [9.17, 15) is 4.79 Å². The maximum atomic E-state index is 11.0. The Labute approximate surface area is 201 Å². The molecule has 1 aliphatic rings. The summed E-state index contributed by atoms with van der Waals surface area (Å²) in [5.41, 5.74) is 3.17. The molecule has 4 aromatic rings. The summed E-state index contributed by atoms with van der Waals surface area (Å²) in [6, 6.07) is 13.6. The van der Waals surface area contributed by atoms with Crippen LogP contribution in [0.2, 0.25) is 5.02 Å². The van der Waals surface area contributed by atoms with Crippen LogP contribution in [0.25, 0.3) is 22.2 Å². The van der Waals surface area contributed by atoms with Gasteiger partial charge in [-0.1, -0.05) is 11.6 Å². The minimum Gasteiger partial charge on any atom is -0.495 e. The highest BCUT2D eigenvalue weighted by Gasteiger charge is 2.20. The maximum absolute atomic E-state index is 11.0. The van der Waals surface area contributed by atoms with Crippen LogP contribution in [-0.2, 0) is 4.79 Å². The van der Waals surface area contributed by atoms with Crippen LogP contribution in [0.3, 0.4) is 0 Å². The average molecular weight is 478 g/mol. The predicted octanol–water partition coefficient (Wildman–Crippen LogP) is 5.33. The summed E-state index contributed by atoms with van der Waals surface area (Å²) in [4.78, 5) is 21.7. The number of rotatable bonds is 7. The van der Waals surface area contributed by atoms with Gasteiger partial charge < -0.3 is 24.7 Å². The first-order valence-electron chi connectivity index (χ1n) is 11.0. The SMILES string of the molecule is COc1ccc(-c2ccco2)cc1Nc1ncnc2ccc(NC3CCN(C=O)CC3)c(Cl)c12. The van der Waals surface area contributed by atoms with Gasteiger partial charge in [-0.25, -0.2) is 9.97 Å². The fourth-order valence-corrected chi connectivity index (χ4v) is 4.52. The van der Waals surface area contributed by atoms with Gasteiger partial charge in [0.2, 0.25) is 6.41 Å². The van der Waals surface area contributed by atoms with Gasteiger partial charge in [0.25, 0.3) is 0 Å². The van der Waals surface area contributed by atoms with Gasteiger partial charge in [0.15, 0.2) is 0 Å². The zero-order valence-electron chi connectivity index (χ0n) is 18.6. The molecule has 5 rings (SSSR count). The number of amides is 1. The van der Waals surface area contributed by atoms with Crippen molar-refractivity contribution in [3.05, 3.63) is 60.1 Å². The molecule has 0 aliphatic carbocycles. The lowest BCUT2D eigenvalue weighted by atomic mass is 10.0. The number of ether oxygens (including phenoxy) is 1. The first-order chi connectivity index (χ1) is 16.7. The summed E-state index contributed by atoms with van der Waals surface area (Å²) in [5, 5.41) is 8.16. The molecule has 0 unspecified atom stereocenters. The summed E-state index contributed by atoms with van der Waals surface area (Å²) in [5.74, 6) is 1.99. The molecule has 0 spiro atoms. The number of furan rings is 1. The molecule has 1 aliphatic heterocycles. The van der Waals surface area contributed by atoms with E-state index in [2.05, 4.69) is 20.6 Å². The quantitative estimate of drug-likeness (QED) is 0.347. The number of carbonyl (C=O) groups excluding carboxylic acids is 1. The lowest BCUT2D eigenvalue weighted by Crippen LogP contribution is -2.38. The Morgan fingerprint density at radius 1 is 1.15 bits per heavy atom. The normalized spacial score (nSPS) is 14.2. The van der Waals surface area contributed by atoms with Gasteiger partial charge in [-0.3, -0.25) is 4.79 Å². The van der Waals surface area contributed by atoms with Crippen LogP contribution in [0, 0.1) is 0 Å². The van der Waals surface area contributed by atoms with Crippen LogP contribution in [0.15, 0.2) is 59.5 Å². The van der Waals surface area contributed by atoms with Crippen molar-refractivity contribution >= 4 is 46.1 Å². The predicted molar refractivity (Wildman–Crippen MR) is 133 cm³/mol. The number of methoxy groups -OCH3 is 1. The third kappa shape index (κ3) is 4.36. The zero-order valence-corrected chi connectivity index (χ0v) is 19.4. The van der Waals surface area contributed by atoms with E-state index in [1.165, 1.54) is 6.33 Å². The number of halogens is 1. The highest BCUT2D eigenvalue weighted by atomic mass is 35.5. The molecule has 174 valence electrons. The molecule has 2 N–H and O–H groups in total. The molecule has 0 atom stereocenters. The van der Waals surface area contributed by atoms with Crippen molar-refractivity contribution in [3.8, 4) is 17.1 Å². The van der Waals surface area contributed by atoms with Crippen molar-refractivity contribution in [2.24, 2.45) is 0 Å². The molecule has 0 bridgehead atoms. The van der Waals surface area contributed by atoms with Crippen molar-refractivity contribution in [1.29, 1.82) is 0 Å². The monoisotopic (exact) mass is 477 g/mol. The highest BCUT2D eigenvalue weighted by molar-refractivity contribution is 6.39. The second-order valence-corrected chi connectivity index (χ2v) is 8.50. The number of hydrogen-bond donors (Lipinski definition) is 2. The van der Waals surface area contributed by atoms with E-state index in [0.717, 1.165) is 60.6 Å². The summed E-state index contributed by atoms with van der Waals surface area (Å²) < 4.78 is 11.1. The molecule has 34 heavy (non-hydrogen) atoms. The number of hydrogen-bond acceptors (Lipinski definition) is 7. The van der Waals surface area contributed by atoms with Crippen molar-refractivity contribution in [1.82, 2.24) is 14.9 Å². The zero-order chi connectivity index (χ0) is 23.5. The van der Waals surface area contributed by atoms with E-state index in [1.54, 1.807) is 18.3 Å². The lowest BCUT2D eigenvalue weighted by molar-refractivity contribution is -0.118. The van der Waals surface area contributed by atoms with Gasteiger partial charge in [-0.2, -0.15) is 0 Å². The molecule has 1 fully saturated rings. The molecule has 0 saturated carbocycles. The van der Waals surface area contributed by atoms with Gasteiger partial charge >= 0.3 is 0 Å². The van der Waals surface area contributed by atoms with Crippen molar-refractivity contribution in [3.63, 3.8) is 0 Å². The Morgan fingerprint density at radius 3 is 2.74 bits per heavy atom. The van der Waals surface area contributed by atoms with Gasteiger partial charge in [-0.05, 0) is 55.3 Å². The molecule has 9 heteroatoms. The van der Waals surface area contributed by atoms with E-state index in [-0.39, 0.29) is 6.04 Å². The Balaban J connectivity index is 1.48. The first-order valence-corrected chi connectivity index (χ1v) is 11.4. The summed E-state index contributed by atoms with van der Waals surface area (Å²) in [6.45, 7) is 1.46. The van der Waals surface area contributed by atoms with Gasteiger partial charge in [0, 0.05) is 24.7 Å². The second kappa shape index (κ2) is 9.61. The number of nitrogens with one attached hydrogen (secondary N) is 2. The Kier molecular flexibility index (Phi) is 6.22. The van der Waals surface area contributed by atoms with Crippen LogP contribution in [0.4, 0.5) is 17.2 Å². The third-order valence-electron chi connectivity index (χ3n) is 6.04. The number of anilines is 3. The average Bonchev–Trinajstić information content (AvgIpc) is 3.41. The molecule has 2 aromatic heterocycles. The highest BCUT2D eigenvalue weighted by Crippen LogP contribution is 2.38. The standard InChI is InChI=1S/C25H24ClN5O3/c1-33-22-7-4-16(21-3-2-12-34-21)13-20(22)30-25-23-18(27-14-28-25)5-6-19(24(23)26)29-17-8-10-31(15-32)11-9-17/h2-7,12-15,17,29H,8-11H2,1H3,(H,27,28,30). The summed E-state index contributed by atoms with van der Waals surface area (Å²) >= 11 is 6.88. The molecule has 8 nitrogen and oxygen atoms in total. The lowest BCUT2D eigenvalue weighted by Gasteiger charge is -2.30. The number of benzene rings is 2. The number of fused-ring (bicyclic) bond motifs is 1. The minimum absolute atomic E-state index is 0.234. The number of carbonyl (C=O) groups is 1. The number of aromatic nitrogens is 2. The first kappa shape index (κ1) is 22.0. The Bertz CT molecular complexity index is 1300. The maximum Gasteiger partial charge on any atom is 0.209 e. The molecule has 2 aromatic carbocycles. The minimum atomic E-state index is 0.234. The van der Waals surface area contributed by atoms with Gasteiger partial charge in [0.05, 0.1) is 40.7 Å². The Morgan fingerprint density at radius 2 is 2.00 bits per heavy atom. The largest absolute Gasteiger partial charge is 0.495 e. The van der Waals surface area contributed by atoms with Crippen LogP contribution in [0.1, 0.15) is 12.8 Å². The van der Waals surface area contributed by atoms with E-state index in [4.69, 9.17) is 20.8 Å². The van der Waals surface area contributed by atoms with Crippen LogP contribution >= 0.6 is 11.6 Å². The molecular weight excluding hydrogens is 454 g/mol. The van der Waals surface area contributed by atoms with Crippen LogP contribution in [0.5, 0.6) is 5.75 Å². The number of piperidine rings is 1. The fourth-order valence-electron chi connectivity index (χ4n) is 4.22. The molecular formula is C25H24ClN5O3. The molecule has 1 saturated heterocycles. The number of nitrogens with zero attached hydrogens (tertiary/aromatic N) is 3. The molecule has 0 radical (unpaired) electrons. The molecule has 3 heterocycles. The van der Waals surface area contributed by atoms with Crippen molar-refractivity contribution in [2.75, 3.05) is 30.8 Å².